The molecule has 2 aliphatic rings. The fourth-order valence-corrected chi connectivity index (χ4v) is 4.76. The molecule has 0 saturated carbocycles. The molecule has 0 amide bonds. The second kappa shape index (κ2) is 7.59. The molecule has 2 atom stereocenters. The zero-order valence-electron chi connectivity index (χ0n) is 18.2. The maximum Gasteiger partial charge on any atom is 0.227 e. The van der Waals surface area contributed by atoms with Crippen molar-refractivity contribution in [2.75, 3.05) is 0 Å². The Morgan fingerprint density at radius 3 is 2.41 bits per heavy atom. The summed E-state index contributed by atoms with van der Waals surface area (Å²) >= 11 is 0. The largest absolute Gasteiger partial charge is 0.471 e. The Bertz CT molecular complexity index is 1540. The zero-order chi connectivity index (χ0) is 22.5. The molecular formula is C29H20N2O3. The van der Waals surface area contributed by atoms with Crippen molar-refractivity contribution in [3.05, 3.63) is 114 Å². The van der Waals surface area contributed by atoms with Crippen LogP contribution in [0.2, 0.25) is 0 Å². The average molecular weight is 444 g/mol. The number of oxazole rings is 1. The highest BCUT2D eigenvalue weighted by Gasteiger charge is 2.39. The van der Waals surface area contributed by atoms with Gasteiger partial charge in [0.25, 0.3) is 0 Å². The summed E-state index contributed by atoms with van der Waals surface area (Å²) in [5.41, 5.74) is 5.98. The van der Waals surface area contributed by atoms with Crippen LogP contribution in [0.15, 0.2) is 106 Å². The second-order valence-corrected chi connectivity index (χ2v) is 8.58. The maximum absolute atomic E-state index is 6.24. The number of benzene rings is 4. The van der Waals surface area contributed by atoms with Gasteiger partial charge in [0, 0.05) is 17.5 Å². The van der Waals surface area contributed by atoms with Crippen LogP contribution in [0.3, 0.4) is 0 Å². The third-order valence-electron chi connectivity index (χ3n) is 6.36. The van der Waals surface area contributed by atoms with Crippen LogP contribution in [0.25, 0.3) is 22.6 Å². The molecular weight excluding hydrogens is 424 g/mol. The quantitative estimate of drug-likeness (QED) is 0.308. The Kier molecular flexibility index (Phi) is 4.27. The van der Waals surface area contributed by atoms with Crippen LogP contribution in [-0.4, -0.2) is 17.0 Å². The number of aliphatic imine (C=N–C) groups is 1. The molecule has 5 aromatic rings. The van der Waals surface area contributed by atoms with Gasteiger partial charge in [-0.25, -0.2) is 9.98 Å². The van der Waals surface area contributed by atoms with E-state index in [0.29, 0.717) is 17.5 Å². The highest BCUT2D eigenvalue weighted by molar-refractivity contribution is 5.96. The molecule has 34 heavy (non-hydrogen) atoms. The lowest BCUT2D eigenvalue weighted by Crippen LogP contribution is -2.13. The van der Waals surface area contributed by atoms with Crippen LogP contribution in [0.4, 0.5) is 0 Å². The Labute approximate surface area is 196 Å². The lowest BCUT2D eigenvalue weighted by Gasteiger charge is -2.11. The summed E-state index contributed by atoms with van der Waals surface area (Å²) in [6.07, 6.45) is 0.970. The molecule has 5 heteroatoms. The molecule has 4 aromatic carbocycles. The van der Waals surface area contributed by atoms with Gasteiger partial charge >= 0.3 is 0 Å². The lowest BCUT2D eigenvalue weighted by atomic mass is 10.1. The molecule has 0 N–H and O–H groups in total. The first-order valence-electron chi connectivity index (χ1n) is 11.4. The Balaban J connectivity index is 1.15. The molecule has 0 bridgehead atoms. The van der Waals surface area contributed by atoms with E-state index in [4.69, 9.17) is 18.9 Å². The van der Waals surface area contributed by atoms with Crippen LogP contribution in [0, 0.1) is 0 Å². The zero-order valence-corrected chi connectivity index (χ0v) is 18.2. The van der Waals surface area contributed by atoms with Gasteiger partial charge in [-0.2, -0.15) is 0 Å². The number of nitrogens with zero attached hydrogens (tertiary/aromatic N) is 2. The van der Waals surface area contributed by atoms with Crippen molar-refractivity contribution >= 4 is 17.0 Å². The van der Waals surface area contributed by atoms with Crippen LogP contribution in [0.1, 0.15) is 22.7 Å². The fraction of sp³-hybridized carbons (Fsp3) is 0.103. The summed E-state index contributed by atoms with van der Waals surface area (Å²) in [6, 6.07) is 31.9. The van der Waals surface area contributed by atoms with Gasteiger partial charge in [0.15, 0.2) is 5.58 Å². The number of hydrogen-bond acceptors (Lipinski definition) is 5. The van der Waals surface area contributed by atoms with E-state index in [2.05, 4.69) is 29.2 Å². The minimum atomic E-state index is 0.0729. The van der Waals surface area contributed by atoms with Gasteiger partial charge in [0.2, 0.25) is 11.8 Å². The predicted octanol–water partition coefficient (Wildman–Crippen LogP) is 6.73. The molecule has 0 saturated heterocycles. The van der Waals surface area contributed by atoms with E-state index >= 15 is 0 Å². The first kappa shape index (κ1) is 19.1. The van der Waals surface area contributed by atoms with E-state index in [9.17, 15) is 0 Å². The van der Waals surface area contributed by atoms with Crippen LogP contribution < -0.4 is 4.74 Å². The van der Waals surface area contributed by atoms with E-state index in [1.165, 1.54) is 11.1 Å². The summed E-state index contributed by atoms with van der Waals surface area (Å²) in [5.74, 6) is 2.67. The van der Waals surface area contributed by atoms with Gasteiger partial charge in [0.1, 0.15) is 29.2 Å². The van der Waals surface area contributed by atoms with E-state index in [0.717, 1.165) is 34.4 Å². The first-order chi connectivity index (χ1) is 16.8. The van der Waals surface area contributed by atoms with Crippen LogP contribution >= 0.6 is 0 Å². The number of para-hydroxylation sites is 2. The van der Waals surface area contributed by atoms with Crippen LogP contribution in [0.5, 0.6) is 11.5 Å². The number of hydrogen-bond donors (Lipinski definition) is 0. The molecule has 0 radical (unpaired) electrons. The monoisotopic (exact) mass is 444 g/mol. The normalized spacial score (nSPS) is 18.3. The Morgan fingerprint density at radius 1 is 0.765 bits per heavy atom. The van der Waals surface area contributed by atoms with Crippen molar-refractivity contribution in [1.82, 2.24) is 4.98 Å². The van der Waals surface area contributed by atoms with Crippen LogP contribution in [-0.2, 0) is 11.2 Å². The minimum Gasteiger partial charge on any atom is -0.471 e. The molecule has 7 rings (SSSR count). The molecule has 164 valence electrons. The number of rotatable bonds is 4. The topological polar surface area (TPSA) is 56.9 Å². The molecule has 0 fully saturated rings. The number of fused-ring (bicyclic) bond motifs is 4. The lowest BCUT2D eigenvalue weighted by molar-refractivity contribution is 0.206. The summed E-state index contributed by atoms with van der Waals surface area (Å²) in [5, 5.41) is 0. The van der Waals surface area contributed by atoms with E-state index < -0.39 is 0 Å². The molecule has 0 spiro atoms. The van der Waals surface area contributed by atoms with Crippen molar-refractivity contribution in [2.24, 2.45) is 4.99 Å². The number of ether oxygens (including phenoxy) is 2. The third kappa shape index (κ3) is 3.25. The summed E-state index contributed by atoms with van der Waals surface area (Å²) in [7, 11) is 0. The standard InChI is InChI=1S/C29H20N2O3/c1-2-12-23-18(7-1)17-26-27(23)31-29(34-26)20-9-6-11-22(16-20)32-21-10-5-8-19(15-21)28-30-24-13-3-4-14-25(24)33-28/h1-16,26-27H,17H2/t26-,27+/m0/s1. The van der Waals surface area contributed by atoms with Gasteiger partial charge in [-0.05, 0) is 59.7 Å². The SMILES string of the molecule is c1cc(Oc2cccc(-c3nc4ccccc4o3)c2)cc(C2=N[C@@H]3c4ccccc4C[C@@H]3O2)c1. The molecule has 1 aromatic heterocycles. The van der Waals surface area contributed by atoms with Gasteiger partial charge in [-0.15, -0.1) is 0 Å². The van der Waals surface area contributed by atoms with Crippen molar-refractivity contribution < 1.29 is 13.9 Å². The molecule has 1 aliphatic heterocycles. The fourth-order valence-electron chi connectivity index (χ4n) is 4.76. The highest BCUT2D eigenvalue weighted by Crippen LogP contribution is 2.41. The van der Waals surface area contributed by atoms with Crippen molar-refractivity contribution in [3.63, 3.8) is 0 Å². The highest BCUT2D eigenvalue weighted by atomic mass is 16.5. The number of aromatic nitrogens is 1. The minimum absolute atomic E-state index is 0.0729. The molecule has 5 nitrogen and oxygen atoms in total. The summed E-state index contributed by atoms with van der Waals surface area (Å²) in [6.45, 7) is 0. The van der Waals surface area contributed by atoms with E-state index in [1.54, 1.807) is 0 Å². The van der Waals surface area contributed by atoms with E-state index in [1.807, 2.05) is 72.8 Å². The second-order valence-electron chi connectivity index (χ2n) is 8.58. The Morgan fingerprint density at radius 2 is 1.53 bits per heavy atom. The molecule has 1 aliphatic carbocycles. The summed E-state index contributed by atoms with van der Waals surface area (Å²) in [4.78, 5) is 9.49. The van der Waals surface area contributed by atoms with Crippen molar-refractivity contribution in [2.45, 2.75) is 18.6 Å². The summed E-state index contributed by atoms with van der Waals surface area (Å²) < 4.78 is 18.3. The Hall–Kier alpha value is -4.38. The predicted molar refractivity (Wildman–Crippen MR) is 130 cm³/mol. The third-order valence-corrected chi connectivity index (χ3v) is 6.36. The van der Waals surface area contributed by atoms with Crippen molar-refractivity contribution in [1.29, 1.82) is 0 Å². The van der Waals surface area contributed by atoms with Gasteiger partial charge in [-0.3, -0.25) is 0 Å². The molecule has 0 unspecified atom stereocenters. The van der Waals surface area contributed by atoms with Gasteiger partial charge in [-0.1, -0.05) is 48.5 Å². The van der Waals surface area contributed by atoms with Gasteiger partial charge < -0.3 is 13.9 Å². The first-order valence-corrected chi connectivity index (χ1v) is 11.4. The average Bonchev–Trinajstić information content (AvgIpc) is 3.57. The maximum atomic E-state index is 6.24. The smallest absolute Gasteiger partial charge is 0.227 e. The molecule has 2 heterocycles. The van der Waals surface area contributed by atoms with Gasteiger partial charge in [0.05, 0.1) is 0 Å². The van der Waals surface area contributed by atoms with Crippen molar-refractivity contribution in [3.8, 4) is 23.0 Å². The van der Waals surface area contributed by atoms with E-state index in [-0.39, 0.29) is 12.1 Å².